The van der Waals surface area contributed by atoms with Crippen molar-refractivity contribution in [3.05, 3.63) is 16.4 Å². The first kappa shape index (κ1) is 11.1. The number of ether oxygens (including phenoxy) is 1. The molecule has 1 aliphatic heterocycles. The Bertz CT molecular complexity index is 334. The molecule has 1 N–H and O–H groups in total. The molecule has 2 rings (SSSR count). The van der Waals surface area contributed by atoms with Gasteiger partial charge in [-0.1, -0.05) is 6.92 Å². The monoisotopic (exact) mass is 274 g/mol. The predicted octanol–water partition coefficient (Wildman–Crippen LogP) is 1.64. The standard InChI is InChI=1S/C10H15BrN2O2/c1-6-3-4-15-10(6)9(14)8-7(11)5-12-13(8)2/h5-6,9-10,14H,3-4H2,1-2H3. The first-order chi connectivity index (χ1) is 7.11. The highest BCUT2D eigenvalue weighted by atomic mass is 79.9. The largest absolute Gasteiger partial charge is 0.384 e. The molecule has 1 fully saturated rings. The lowest BCUT2D eigenvalue weighted by Crippen LogP contribution is -2.25. The van der Waals surface area contributed by atoms with Crippen molar-refractivity contribution in [2.75, 3.05) is 6.61 Å². The molecule has 15 heavy (non-hydrogen) atoms. The average molecular weight is 275 g/mol. The number of aryl methyl sites for hydroxylation is 1. The lowest BCUT2D eigenvalue weighted by atomic mass is 9.98. The molecule has 1 aromatic rings. The quantitative estimate of drug-likeness (QED) is 0.892. The topological polar surface area (TPSA) is 47.3 Å². The molecule has 4 nitrogen and oxygen atoms in total. The highest BCUT2D eigenvalue weighted by Crippen LogP contribution is 2.33. The first-order valence-corrected chi connectivity index (χ1v) is 5.87. The lowest BCUT2D eigenvalue weighted by Gasteiger charge is -2.21. The van der Waals surface area contributed by atoms with Crippen molar-refractivity contribution in [2.24, 2.45) is 13.0 Å². The van der Waals surface area contributed by atoms with E-state index in [9.17, 15) is 5.11 Å². The van der Waals surface area contributed by atoms with Gasteiger partial charge in [0.2, 0.25) is 0 Å². The fraction of sp³-hybridized carbons (Fsp3) is 0.700. The van der Waals surface area contributed by atoms with Gasteiger partial charge in [0.1, 0.15) is 6.10 Å². The van der Waals surface area contributed by atoms with Crippen LogP contribution in [0.2, 0.25) is 0 Å². The summed E-state index contributed by atoms with van der Waals surface area (Å²) in [6, 6.07) is 0. The van der Waals surface area contributed by atoms with Crippen LogP contribution in [-0.4, -0.2) is 27.6 Å². The highest BCUT2D eigenvalue weighted by molar-refractivity contribution is 9.10. The third kappa shape index (κ3) is 1.96. The molecule has 3 atom stereocenters. The molecule has 0 aromatic carbocycles. The van der Waals surface area contributed by atoms with Crippen LogP contribution in [0.3, 0.4) is 0 Å². The second-order valence-electron chi connectivity index (χ2n) is 4.05. The maximum Gasteiger partial charge on any atom is 0.123 e. The number of halogens is 1. The Morgan fingerprint density at radius 3 is 2.93 bits per heavy atom. The summed E-state index contributed by atoms with van der Waals surface area (Å²) in [7, 11) is 1.82. The fourth-order valence-electron chi connectivity index (χ4n) is 2.03. The van der Waals surface area contributed by atoms with Crippen LogP contribution in [0.1, 0.15) is 25.1 Å². The zero-order valence-corrected chi connectivity index (χ0v) is 10.4. The smallest absolute Gasteiger partial charge is 0.123 e. The average Bonchev–Trinajstić information content (AvgIpc) is 2.73. The Morgan fingerprint density at radius 1 is 1.73 bits per heavy atom. The van der Waals surface area contributed by atoms with Crippen molar-refractivity contribution in [3.63, 3.8) is 0 Å². The van der Waals surface area contributed by atoms with Gasteiger partial charge in [-0.2, -0.15) is 5.10 Å². The van der Waals surface area contributed by atoms with Gasteiger partial charge in [0.25, 0.3) is 0 Å². The Balaban J connectivity index is 2.23. The summed E-state index contributed by atoms with van der Waals surface area (Å²) in [4.78, 5) is 0. The molecule has 0 aliphatic carbocycles. The van der Waals surface area contributed by atoms with E-state index in [0.29, 0.717) is 5.92 Å². The summed E-state index contributed by atoms with van der Waals surface area (Å²) in [5, 5.41) is 14.3. The van der Waals surface area contributed by atoms with Gasteiger partial charge in [0, 0.05) is 13.7 Å². The van der Waals surface area contributed by atoms with E-state index in [0.717, 1.165) is 23.2 Å². The molecule has 2 heterocycles. The van der Waals surface area contributed by atoms with Crippen molar-refractivity contribution in [3.8, 4) is 0 Å². The van der Waals surface area contributed by atoms with Crippen LogP contribution in [0.5, 0.6) is 0 Å². The van der Waals surface area contributed by atoms with Crippen LogP contribution >= 0.6 is 15.9 Å². The molecular formula is C10H15BrN2O2. The second kappa shape index (κ2) is 4.23. The van der Waals surface area contributed by atoms with E-state index < -0.39 is 6.10 Å². The molecule has 1 aromatic heterocycles. The Hall–Kier alpha value is -0.390. The molecule has 5 heteroatoms. The summed E-state index contributed by atoms with van der Waals surface area (Å²) in [6.45, 7) is 2.84. The molecule has 1 saturated heterocycles. The van der Waals surface area contributed by atoms with Gasteiger partial charge < -0.3 is 9.84 Å². The van der Waals surface area contributed by atoms with Gasteiger partial charge in [0.05, 0.1) is 22.5 Å². The van der Waals surface area contributed by atoms with E-state index in [1.807, 2.05) is 7.05 Å². The van der Waals surface area contributed by atoms with Crippen LogP contribution in [0.25, 0.3) is 0 Å². The maximum absolute atomic E-state index is 10.2. The van der Waals surface area contributed by atoms with Gasteiger partial charge in [-0.25, -0.2) is 0 Å². The van der Waals surface area contributed by atoms with Gasteiger partial charge in [-0.15, -0.1) is 0 Å². The van der Waals surface area contributed by atoms with Crippen molar-refractivity contribution in [1.29, 1.82) is 0 Å². The minimum atomic E-state index is -0.607. The van der Waals surface area contributed by atoms with Crippen molar-refractivity contribution in [1.82, 2.24) is 9.78 Å². The van der Waals surface area contributed by atoms with Crippen LogP contribution in [-0.2, 0) is 11.8 Å². The van der Waals surface area contributed by atoms with E-state index in [-0.39, 0.29) is 6.10 Å². The van der Waals surface area contributed by atoms with Gasteiger partial charge in [-0.3, -0.25) is 4.68 Å². The second-order valence-corrected chi connectivity index (χ2v) is 4.90. The first-order valence-electron chi connectivity index (χ1n) is 5.08. The maximum atomic E-state index is 10.2. The van der Waals surface area contributed by atoms with E-state index in [2.05, 4.69) is 28.0 Å². The van der Waals surface area contributed by atoms with Crippen LogP contribution in [0.4, 0.5) is 0 Å². The summed E-state index contributed by atoms with van der Waals surface area (Å²) in [5.74, 6) is 0.391. The van der Waals surface area contributed by atoms with E-state index in [1.165, 1.54) is 0 Å². The third-order valence-electron chi connectivity index (χ3n) is 2.97. The molecule has 0 spiro atoms. The SMILES string of the molecule is CC1CCOC1C(O)c1c(Br)cnn1C. The van der Waals surface area contributed by atoms with Gasteiger partial charge in [0.15, 0.2) is 0 Å². The van der Waals surface area contributed by atoms with Gasteiger partial charge >= 0.3 is 0 Å². The number of aromatic nitrogens is 2. The van der Waals surface area contributed by atoms with E-state index in [4.69, 9.17) is 4.74 Å². The lowest BCUT2D eigenvalue weighted by molar-refractivity contribution is -0.0218. The minimum absolute atomic E-state index is 0.114. The molecular weight excluding hydrogens is 260 g/mol. The molecule has 1 aliphatic rings. The molecule has 0 bridgehead atoms. The number of rotatable bonds is 2. The summed E-state index contributed by atoms with van der Waals surface area (Å²) < 4.78 is 8.07. The minimum Gasteiger partial charge on any atom is -0.384 e. The zero-order valence-electron chi connectivity index (χ0n) is 8.85. The molecule has 0 saturated carbocycles. The number of hydrogen-bond donors (Lipinski definition) is 1. The fourth-order valence-corrected chi connectivity index (χ4v) is 2.61. The number of aliphatic hydroxyl groups is 1. The number of nitrogens with zero attached hydrogens (tertiary/aromatic N) is 2. The molecule has 0 radical (unpaired) electrons. The van der Waals surface area contributed by atoms with Crippen LogP contribution in [0.15, 0.2) is 10.7 Å². The van der Waals surface area contributed by atoms with Gasteiger partial charge in [-0.05, 0) is 28.3 Å². The van der Waals surface area contributed by atoms with Crippen molar-refractivity contribution in [2.45, 2.75) is 25.6 Å². The Labute approximate surface area is 97.4 Å². The third-order valence-corrected chi connectivity index (χ3v) is 3.58. The van der Waals surface area contributed by atoms with Crippen LogP contribution < -0.4 is 0 Å². The number of hydrogen-bond acceptors (Lipinski definition) is 3. The van der Waals surface area contributed by atoms with Crippen LogP contribution in [0, 0.1) is 5.92 Å². The normalized spacial score (nSPS) is 28.3. The predicted molar refractivity (Wildman–Crippen MR) is 59.4 cm³/mol. The Kier molecular flexibility index (Phi) is 3.13. The zero-order chi connectivity index (χ0) is 11.0. The summed E-state index contributed by atoms with van der Waals surface area (Å²) in [6.07, 6.45) is 1.98. The summed E-state index contributed by atoms with van der Waals surface area (Å²) >= 11 is 3.39. The van der Waals surface area contributed by atoms with E-state index >= 15 is 0 Å². The molecule has 0 amide bonds. The summed E-state index contributed by atoms with van der Waals surface area (Å²) in [5.41, 5.74) is 0.786. The molecule has 3 unspecified atom stereocenters. The molecule has 84 valence electrons. The van der Waals surface area contributed by atoms with Crippen molar-refractivity contribution < 1.29 is 9.84 Å². The highest BCUT2D eigenvalue weighted by Gasteiger charge is 2.34. The number of aliphatic hydroxyl groups excluding tert-OH is 1. The van der Waals surface area contributed by atoms with E-state index in [1.54, 1.807) is 10.9 Å². The van der Waals surface area contributed by atoms with Crippen molar-refractivity contribution >= 4 is 15.9 Å². The Morgan fingerprint density at radius 2 is 2.47 bits per heavy atom.